The van der Waals surface area contributed by atoms with Gasteiger partial charge in [0.05, 0.1) is 7.11 Å². The third kappa shape index (κ3) is 15.5. The molecule has 0 amide bonds. The van der Waals surface area contributed by atoms with E-state index in [9.17, 15) is 4.79 Å². The van der Waals surface area contributed by atoms with E-state index < -0.39 is 0 Å². The molecule has 2 nitrogen and oxygen atoms in total. The Morgan fingerprint density at radius 1 is 0.895 bits per heavy atom. The molecule has 0 aromatic heterocycles. The summed E-state index contributed by atoms with van der Waals surface area (Å²) in [5.41, 5.74) is 0. The van der Waals surface area contributed by atoms with Crippen LogP contribution in [0.3, 0.4) is 0 Å². The van der Waals surface area contributed by atoms with E-state index in [2.05, 4.69) is 32.5 Å². The van der Waals surface area contributed by atoms with Gasteiger partial charge in [0.25, 0.3) is 0 Å². The Morgan fingerprint density at radius 3 is 2.00 bits per heavy atom. The summed E-state index contributed by atoms with van der Waals surface area (Å²) in [7, 11) is 1.45. The largest absolute Gasteiger partial charge is 0.469 e. The summed E-state index contributed by atoms with van der Waals surface area (Å²) in [4.78, 5) is 10.9. The van der Waals surface area contributed by atoms with Crippen molar-refractivity contribution in [1.82, 2.24) is 0 Å². The first-order valence-electron chi connectivity index (χ1n) is 7.39. The maximum atomic E-state index is 10.9. The number of rotatable bonds is 11. The van der Waals surface area contributed by atoms with Crippen LogP contribution in [0.5, 0.6) is 0 Å². The molecule has 0 fully saturated rings. The fourth-order valence-corrected chi connectivity index (χ4v) is 2.17. The summed E-state index contributed by atoms with van der Waals surface area (Å²) in [6.45, 7) is 0. The van der Waals surface area contributed by atoms with Crippen LogP contribution in [0.15, 0.2) is 0 Å². The topological polar surface area (TPSA) is 26.3 Å². The Morgan fingerprint density at radius 2 is 1.42 bits per heavy atom. The number of halogens is 1. The van der Waals surface area contributed by atoms with Crippen molar-refractivity contribution in [3.63, 3.8) is 0 Å². The molecule has 0 saturated carbocycles. The van der Waals surface area contributed by atoms with Crippen molar-refractivity contribution in [3.8, 4) is 11.8 Å². The highest BCUT2D eigenvalue weighted by Gasteiger charge is 1.98. The van der Waals surface area contributed by atoms with E-state index >= 15 is 0 Å². The molecule has 0 atom stereocenters. The summed E-state index contributed by atoms with van der Waals surface area (Å²) < 4.78 is 4.60. The Kier molecular flexibility index (Phi) is 15.2. The van der Waals surface area contributed by atoms with E-state index in [1.54, 1.807) is 0 Å². The number of carbonyl (C=O) groups excluding carboxylic acids is 1. The normalized spacial score (nSPS) is 9.79. The van der Waals surface area contributed by atoms with Gasteiger partial charge in [0, 0.05) is 24.6 Å². The van der Waals surface area contributed by atoms with Gasteiger partial charge in [-0.1, -0.05) is 41.6 Å². The van der Waals surface area contributed by atoms with Crippen molar-refractivity contribution in [1.29, 1.82) is 0 Å². The van der Waals surface area contributed by atoms with E-state index in [-0.39, 0.29) is 5.97 Å². The molecule has 0 aromatic rings. The lowest BCUT2D eigenvalue weighted by molar-refractivity contribution is -0.140. The van der Waals surface area contributed by atoms with Crippen LogP contribution in [0.1, 0.15) is 70.6 Å². The maximum absolute atomic E-state index is 10.9. The van der Waals surface area contributed by atoms with Crippen molar-refractivity contribution in [2.24, 2.45) is 0 Å². The monoisotopic (exact) mass is 330 g/mol. The number of unbranched alkanes of at least 4 members (excludes halogenated alkanes) is 8. The number of hydrogen-bond acceptors (Lipinski definition) is 2. The minimum Gasteiger partial charge on any atom is -0.469 e. The summed E-state index contributed by atoms with van der Waals surface area (Å²) in [5, 5.41) is 1.11. The molecule has 0 spiro atoms. The second kappa shape index (κ2) is 15.6. The predicted molar refractivity (Wildman–Crippen MR) is 84.4 cm³/mol. The van der Waals surface area contributed by atoms with Crippen LogP contribution in [-0.2, 0) is 9.53 Å². The van der Waals surface area contributed by atoms with Crippen LogP contribution in [-0.4, -0.2) is 18.4 Å². The zero-order valence-electron chi connectivity index (χ0n) is 12.2. The van der Waals surface area contributed by atoms with Gasteiger partial charge in [-0.05, 0) is 25.7 Å². The number of esters is 1. The van der Waals surface area contributed by atoms with E-state index in [1.165, 1.54) is 45.6 Å². The van der Waals surface area contributed by atoms with E-state index in [1.807, 2.05) is 0 Å². The van der Waals surface area contributed by atoms with Crippen molar-refractivity contribution < 1.29 is 9.53 Å². The lowest BCUT2D eigenvalue weighted by Crippen LogP contribution is -1.99. The smallest absolute Gasteiger partial charge is 0.305 e. The van der Waals surface area contributed by atoms with Gasteiger partial charge in [-0.25, -0.2) is 0 Å². The fourth-order valence-electron chi connectivity index (χ4n) is 1.78. The quantitative estimate of drug-likeness (QED) is 0.234. The lowest BCUT2D eigenvalue weighted by atomic mass is 10.1. The number of hydrogen-bond donors (Lipinski definition) is 0. The average Bonchev–Trinajstić information content (AvgIpc) is 2.43. The van der Waals surface area contributed by atoms with Crippen molar-refractivity contribution in [2.75, 3.05) is 12.4 Å². The molecule has 0 aliphatic heterocycles. The number of alkyl halides is 1. The van der Waals surface area contributed by atoms with E-state index in [4.69, 9.17) is 0 Å². The molecule has 0 saturated heterocycles. The first-order valence-corrected chi connectivity index (χ1v) is 8.52. The van der Waals surface area contributed by atoms with Crippen LogP contribution in [0, 0.1) is 11.8 Å². The molecule has 3 heteroatoms. The van der Waals surface area contributed by atoms with Crippen molar-refractivity contribution in [2.45, 2.75) is 70.6 Å². The van der Waals surface area contributed by atoms with Gasteiger partial charge in [-0.15, -0.1) is 11.8 Å². The molecule has 0 aromatic carbocycles. The Hall–Kier alpha value is -0.490. The second-order valence-corrected chi connectivity index (χ2v) is 5.49. The molecular formula is C16H27BrO2. The van der Waals surface area contributed by atoms with Gasteiger partial charge in [0.15, 0.2) is 0 Å². The predicted octanol–water partition coefficient (Wildman–Crippen LogP) is 4.85. The zero-order valence-corrected chi connectivity index (χ0v) is 13.8. The van der Waals surface area contributed by atoms with Gasteiger partial charge in [-0.2, -0.15) is 0 Å². The standard InChI is InChI=1S/C16H27BrO2/c1-19-16(18)14-12-10-8-6-4-2-3-5-7-9-11-13-15-17/h2,4,6-15H2,1H3. The molecule has 0 radical (unpaired) electrons. The number of methoxy groups -OCH3 is 1. The molecule has 19 heavy (non-hydrogen) atoms. The van der Waals surface area contributed by atoms with Crippen LogP contribution >= 0.6 is 15.9 Å². The fraction of sp³-hybridized carbons (Fsp3) is 0.812. The van der Waals surface area contributed by atoms with Gasteiger partial charge in [0.2, 0.25) is 0 Å². The number of ether oxygens (including phenoxy) is 1. The third-order valence-corrected chi connectivity index (χ3v) is 3.53. The zero-order chi connectivity index (χ0) is 14.2. The average molecular weight is 331 g/mol. The summed E-state index contributed by atoms with van der Waals surface area (Å²) in [6.07, 6.45) is 12.1. The maximum Gasteiger partial charge on any atom is 0.305 e. The first-order chi connectivity index (χ1) is 9.31. The van der Waals surface area contributed by atoms with Crippen LogP contribution in [0.25, 0.3) is 0 Å². The molecule has 0 unspecified atom stereocenters. The molecule has 0 heterocycles. The molecular weight excluding hydrogens is 304 g/mol. The van der Waals surface area contributed by atoms with Crippen molar-refractivity contribution >= 4 is 21.9 Å². The highest BCUT2D eigenvalue weighted by atomic mass is 79.9. The Bertz CT molecular complexity index is 266. The van der Waals surface area contributed by atoms with Crippen LogP contribution in [0.4, 0.5) is 0 Å². The second-order valence-electron chi connectivity index (χ2n) is 4.70. The number of carbonyl (C=O) groups is 1. The molecule has 110 valence electrons. The summed E-state index contributed by atoms with van der Waals surface area (Å²) in [5.74, 6) is 6.40. The van der Waals surface area contributed by atoms with Gasteiger partial charge in [0.1, 0.15) is 0 Å². The van der Waals surface area contributed by atoms with E-state index in [0.29, 0.717) is 6.42 Å². The van der Waals surface area contributed by atoms with Crippen molar-refractivity contribution in [3.05, 3.63) is 0 Å². The molecule has 0 aliphatic rings. The SMILES string of the molecule is COC(=O)CCCCCCCC#CCCCCCBr. The molecule has 0 bridgehead atoms. The first kappa shape index (κ1) is 18.5. The van der Waals surface area contributed by atoms with Crippen LogP contribution in [0.2, 0.25) is 0 Å². The van der Waals surface area contributed by atoms with Gasteiger partial charge in [-0.3, -0.25) is 4.79 Å². The Balaban J connectivity index is 3.14. The van der Waals surface area contributed by atoms with Gasteiger partial charge < -0.3 is 4.74 Å². The minimum atomic E-state index is -0.0919. The Labute approximate surface area is 126 Å². The summed E-state index contributed by atoms with van der Waals surface area (Å²) >= 11 is 3.43. The van der Waals surface area contributed by atoms with Gasteiger partial charge >= 0.3 is 5.97 Å². The highest BCUT2D eigenvalue weighted by molar-refractivity contribution is 9.09. The minimum absolute atomic E-state index is 0.0919. The molecule has 0 aliphatic carbocycles. The van der Waals surface area contributed by atoms with E-state index in [0.717, 1.165) is 31.0 Å². The van der Waals surface area contributed by atoms with Crippen LogP contribution < -0.4 is 0 Å². The summed E-state index contributed by atoms with van der Waals surface area (Å²) in [6, 6.07) is 0. The highest BCUT2D eigenvalue weighted by Crippen LogP contribution is 2.07. The third-order valence-electron chi connectivity index (χ3n) is 2.97. The lowest BCUT2D eigenvalue weighted by Gasteiger charge is -1.99. The molecule has 0 N–H and O–H groups in total. The molecule has 0 rings (SSSR count).